The number of nitrogens with zero attached hydrogens (tertiary/aromatic N) is 2. The van der Waals surface area contributed by atoms with E-state index in [0.717, 1.165) is 25.7 Å². The Morgan fingerprint density at radius 1 is 1.47 bits per heavy atom. The molecule has 0 spiro atoms. The molecule has 1 aromatic heterocycles. The minimum Gasteiger partial charge on any atom is -0.481 e. The molecule has 1 aromatic rings. The summed E-state index contributed by atoms with van der Waals surface area (Å²) in [5, 5.41) is 13.0. The van der Waals surface area contributed by atoms with Crippen LogP contribution in [0, 0.1) is 5.92 Å². The number of anilines is 1. The molecule has 82 valence electrons. The monoisotopic (exact) mass is 209 g/mol. The third kappa shape index (κ3) is 1.95. The fourth-order valence-corrected chi connectivity index (χ4v) is 2.20. The van der Waals surface area contributed by atoms with E-state index in [0.29, 0.717) is 5.82 Å². The van der Waals surface area contributed by atoms with Crippen molar-refractivity contribution in [2.45, 2.75) is 31.7 Å². The van der Waals surface area contributed by atoms with E-state index in [-0.39, 0.29) is 12.0 Å². The van der Waals surface area contributed by atoms with Gasteiger partial charge < -0.3 is 10.8 Å². The molecule has 5 nitrogen and oxygen atoms in total. The number of aromatic nitrogens is 2. The highest BCUT2D eigenvalue weighted by molar-refractivity contribution is 5.70. The normalized spacial score (nSPS) is 26.4. The second kappa shape index (κ2) is 3.92. The van der Waals surface area contributed by atoms with Crippen LogP contribution in [0.25, 0.3) is 0 Å². The highest BCUT2D eigenvalue weighted by Gasteiger charge is 2.27. The molecule has 1 saturated carbocycles. The molecule has 0 bridgehead atoms. The molecule has 1 fully saturated rings. The van der Waals surface area contributed by atoms with Crippen LogP contribution in [0.5, 0.6) is 0 Å². The van der Waals surface area contributed by atoms with Gasteiger partial charge in [0, 0.05) is 0 Å². The number of nitrogen functional groups attached to an aromatic ring is 1. The van der Waals surface area contributed by atoms with Gasteiger partial charge in [0.05, 0.1) is 18.2 Å². The number of carboxylic acid groups (broad SMARTS) is 1. The molecule has 1 aliphatic rings. The van der Waals surface area contributed by atoms with Crippen LogP contribution in [-0.4, -0.2) is 20.9 Å². The van der Waals surface area contributed by atoms with E-state index in [2.05, 4.69) is 5.10 Å². The summed E-state index contributed by atoms with van der Waals surface area (Å²) in [5.74, 6) is -0.200. The number of carboxylic acids is 1. The molecular weight excluding hydrogens is 194 g/mol. The minimum absolute atomic E-state index is 0.182. The number of aliphatic carboxylic acids is 1. The van der Waals surface area contributed by atoms with Gasteiger partial charge in [-0.2, -0.15) is 5.10 Å². The van der Waals surface area contributed by atoms with Crippen LogP contribution in [0.1, 0.15) is 31.7 Å². The molecule has 0 amide bonds. The zero-order valence-electron chi connectivity index (χ0n) is 8.47. The molecule has 0 aliphatic heterocycles. The van der Waals surface area contributed by atoms with E-state index in [9.17, 15) is 4.79 Å². The van der Waals surface area contributed by atoms with Crippen LogP contribution < -0.4 is 5.73 Å². The number of nitrogens with two attached hydrogens (primary N) is 1. The fourth-order valence-electron chi connectivity index (χ4n) is 2.20. The SMILES string of the molecule is Nc1ccnn1C1CCC(C(=O)O)CC1. The number of carbonyl (C=O) groups is 1. The maximum Gasteiger partial charge on any atom is 0.306 e. The van der Waals surface area contributed by atoms with Crippen molar-refractivity contribution in [2.24, 2.45) is 5.92 Å². The molecule has 0 aromatic carbocycles. The van der Waals surface area contributed by atoms with Crippen molar-refractivity contribution in [3.8, 4) is 0 Å². The van der Waals surface area contributed by atoms with Gasteiger partial charge in [0.15, 0.2) is 0 Å². The van der Waals surface area contributed by atoms with Crippen LogP contribution in [0.15, 0.2) is 12.3 Å². The Morgan fingerprint density at radius 2 is 2.13 bits per heavy atom. The van der Waals surface area contributed by atoms with Gasteiger partial charge in [0.1, 0.15) is 5.82 Å². The average Bonchev–Trinajstić information content (AvgIpc) is 2.65. The molecule has 0 unspecified atom stereocenters. The molecule has 0 radical (unpaired) electrons. The van der Waals surface area contributed by atoms with Crippen LogP contribution in [-0.2, 0) is 4.79 Å². The van der Waals surface area contributed by atoms with Crippen molar-refractivity contribution in [2.75, 3.05) is 5.73 Å². The fraction of sp³-hybridized carbons (Fsp3) is 0.600. The van der Waals surface area contributed by atoms with Gasteiger partial charge in [-0.15, -0.1) is 0 Å². The highest BCUT2D eigenvalue weighted by atomic mass is 16.4. The lowest BCUT2D eigenvalue weighted by atomic mass is 9.86. The Bertz CT molecular complexity index is 353. The summed E-state index contributed by atoms with van der Waals surface area (Å²) in [4.78, 5) is 10.8. The van der Waals surface area contributed by atoms with E-state index in [4.69, 9.17) is 10.8 Å². The summed E-state index contributed by atoms with van der Waals surface area (Å²) in [6.45, 7) is 0. The maximum atomic E-state index is 10.8. The summed E-state index contributed by atoms with van der Waals surface area (Å²) in [5.41, 5.74) is 5.75. The predicted octanol–water partition coefficient (Wildman–Crippen LogP) is 1.28. The first-order valence-electron chi connectivity index (χ1n) is 5.20. The minimum atomic E-state index is -0.679. The summed E-state index contributed by atoms with van der Waals surface area (Å²) in [7, 11) is 0. The van der Waals surface area contributed by atoms with Crippen molar-refractivity contribution in [1.29, 1.82) is 0 Å². The summed E-state index contributed by atoms with van der Waals surface area (Å²) < 4.78 is 1.80. The van der Waals surface area contributed by atoms with Crippen molar-refractivity contribution in [3.63, 3.8) is 0 Å². The van der Waals surface area contributed by atoms with Gasteiger partial charge in [0.25, 0.3) is 0 Å². The second-order valence-corrected chi connectivity index (χ2v) is 4.04. The van der Waals surface area contributed by atoms with E-state index in [1.807, 2.05) is 0 Å². The van der Waals surface area contributed by atoms with Crippen molar-refractivity contribution >= 4 is 11.8 Å². The first kappa shape index (κ1) is 10.0. The average molecular weight is 209 g/mol. The third-order valence-electron chi connectivity index (χ3n) is 3.09. The van der Waals surface area contributed by atoms with Crippen LogP contribution >= 0.6 is 0 Å². The van der Waals surface area contributed by atoms with Crippen molar-refractivity contribution in [1.82, 2.24) is 9.78 Å². The van der Waals surface area contributed by atoms with E-state index >= 15 is 0 Å². The van der Waals surface area contributed by atoms with Crippen LogP contribution in [0.2, 0.25) is 0 Å². The predicted molar refractivity (Wildman–Crippen MR) is 55.3 cm³/mol. The van der Waals surface area contributed by atoms with Gasteiger partial charge in [-0.05, 0) is 31.7 Å². The van der Waals surface area contributed by atoms with E-state index in [1.54, 1.807) is 16.9 Å². The molecule has 15 heavy (non-hydrogen) atoms. The lowest BCUT2D eigenvalue weighted by Gasteiger charge is -2.26. The van der Waals surface area contributed by atoms with Gasteiger partial charge in [-0.25, -0.2) is 4.68 Å². The largest absolute Gasteiger partial charge is 0.481 e. The van der Waals surface area contributed by atoms with E-state index in [1.165, 1.54) is 0 Å². The Hall–Kier alpha value is -1.52. The van der Waals surface area contributed by atoms with Gasteiger partial charge >= 0.3 is 5.97 Å². The Labute approximate surface area is 87.9 Å². The second-order valence-electron chi connectivity index (χ2n) is 4.04. The lowest BCUT2D eigenvalue weighted by Crippen LogP contribution is -2.24. The number of hydrogen-bond donors (Lipinski definition) is 2. The summed E-state index contributed by atoms with van der Waals surface area (Å²) in [6, 6.07) is 2.04. The van der Waals surface area contributed by atoms with Crippen molar-refractivity contribution < 1.29 is 9.90 Å². The van der Waals surface area contributed by atoms with Gasteiger partial charge in [-0.3, -0.25) is 4.79 Å². The molecule has 3 N–H and O–H groups in total. The zero-order chi connectivity index (χ0) is 10.8. The highest BCUT2D eigenvalue weighted by Crippen LogP contribution is 2.32. The van der Waals surface area contributed by atoms with Crippen molar-refractivity contribution in [3.05, 3.63) is 12.3 Å². The van der Waals surface area contributed by atoms with Gasteiger partial charge in [0.2, 0.25) is 0 Å². The molecule has 5 heteroatoms. The molecule has 1 aliphatic carbocycles. The van der Waals surface area contributed by atoms with Crippen LogP contribution in [0.4, 0.5) is 5.82 Å². The third-order valence-corrected chi connectivity index (χ3v) is 3.09. The number of hydrogen-bond acceptors (Lipinski definition) is 3. The lowest BCUT2D eigenvalue weighted by molar-refractivity contribution is -0.143. The topological polar surface area (TPSA) is 81.1 Å². The van der Waals surface area contributed by atoms with Gasteiger partial charge in [-0.1, -0.05) is 0 Å². The molecule has 0 saturated heterocycles. The molecule has 0 atom stereocenters. The first-order valence-corrected chi connectivity index (χ1v) is 5.20. The Morgan fingerprint density at radius 3 is 2.60 bits per heavy atom. The number of rotatable bonds is 2. The quantitative estimate of drug-likeness (QED) is 0.768. The first-order chi connectivity index (χ1) is 7.18. The molecule has 2 rings (SSSR count). The zero-order valence-corrected chi connectivity index (χ0v) is 8.47. The molecular formula is C10H15N3O2. The standard InChI is InChI=1S/C10H15N3O2/c11-9-5-6-12-13(9)8-3-1-7(2-4-8)10(14)15/h5-8H,1-4,11H2,(H,14,15). The Balaban J connectivity index is 2.00. The summed E-state index contributed by atoms with van der Waals surface area (Å²) >= 11 is 0. The smallest absolute Gasteiger partial charge is 0.306 e. The van der Waals surface area contributed by atoms with Crippen LogP contribution in [0.3, 0.4) is 0 Å². The molecule has 1 heterocycles. The Kier molecular flexibility index (Phi) is 2.62. The van der Waals surface area contributed by atoms with E-state index < -0.39 is 5.97 Å². The summed E-state index contributed by atoms with van der Waals surface area (Å²) in [6.07, 6.45) is 4.82. The maximum absolute atomic E-state index is 10.8.